The van der Waals surface area contributed by atoms with Gasteiger partial charge in [-0.25, -0.2) is 0 Å². The Labute approximate surface area is 160 Å². The number of rotatable bonds is 5. The van der Waals surface area contributed by atoms with Gasteiger partial charge in [-0.3, -0.25) is 4.68 Å². The standard InChI is InChI=1S/C22H25N3O2/c1-26-21-14-20(15-22(16-21)27-2)23-10-12-24(13-11-23)25-9-8-19(17-25)18-6-4-3-5-7-18/h3-9,14-17H,10-13H2,1-2H3. The summed E-state index contributed by atoms with van der Waals surface area (Å²) in [7, 11) is 3.37. The minimum absolute atomic E-state index is 0.824. The second-order valence-electron chi connectivity index (χ2n) is 6.66. The summed E-state index contributed by atoms with van der Waals surface area (Å²) < 4.78 is 13.0. The second-order valence-corrected chi connectivity index (χ2v) is 6.66. The van der Waals surface area contributed by atoms with Gasteiger partial charge in [-0.2, -0.15) is 0 Å². The van der Waals surface area contributed by atoms with E-state index >= 15 is 0 Å². The van der Waals surface area contributed by atoms with Crippen LogP contribution in [-0.4, -0.2) is 45.1 Å². The first-order valence-electron chi connectivity index (χ1n) is 9.23. The van der Waals surface area contributed by atoms with Crippen molar-refractivity contribution in [2.24, 2.45) is 0 Å². The molecular formula is C22H25N3O2. The monoisotopic (exact) mass is 363 g/mol. The first-order chi connectivity index (χ1) is 13.3. The number of hydrogen-bond acceptors (Lipinski definition) is 4. The van der Waals surface area contributed by atoms with Gasteiger partial charge < -0.3 is 19.4 Å². The highest BCUT2D eigenvalue weighted by atomic mass is 16.5. The Balaban J connectivity index is 1.44. The van der Waals surface area contributed by atoms with E-state index in [9.17, 15) is 0 Å². The van der Waals surface area contributed by atoms with Crippen LogP contribution in [0.25, 0.3) is 11.1 Å². The number of methoxy groups -OCH3 is 2. The van der Waals surface area contributed by atoms with E-state index in [0.29, 0.717) is 0 Å². The van der Waals surface area contributed by atoms with E-state index in [0.717, 1.165) is 43.4 Å². The lowest BCUT2D eigenvalue weighted by Gasteiger charge is -2.37. The quantitative estimate of drug-likeness (QED) is 0.692. The summed E-state index contributed by atoms with van der Waals surface area (Å²) in [6, 6.07) is 18.7. The molecule has 1 aliphatic heterocycles. The van der Waals surface area contributed by atoms with Crippen molar-refractivity contribution in [1.82, 2.24) is 4.68 Å². The Morgan fingerprint density at radius 2 is 1.41 bits per heavy atom. The lowest BCUT2D eigenvalue weighted by atomic mass is 10.1. The third-order valence-electron chi connectivity index (χ3n) is 5.07. The van der Waals surface area contributed by atoms with Gasteiger partial charge in [0.25, 0.3) is 0 Å². The van der Waals surface area contributed by atoms with Crippen molar-refractivity contribution >= 4 is 5.69 Å². The molecule has 27 heavy (non-hydrogen) atoms. The van der Waals surface area contributed by atoms with Crippen molar-refractivity contribution in [2.75, 3.05) is 50.3 Å². The minimum Gasteiger partial charge on any atom is -0.497 e. The maximum Gasteiger partial charge on any atom is 0.124 e. The van der Waals surface area contributed by atoms with Gasteiger partial charge in [-0.1, -0.05) is 30.3 Å². The van der Waals surface area contributed by atoms with Crippen molar-refractivity contribution in [1.29, 1.82) is 0 Å². The maximum atomic E-state index is 5.40. The first kappa shape index (κ1) is 17.3. The van der Waals surface area contributed by atoms with Crippen LogP contribution < -0.4 is 19.4 Å². The summed E-state index contributed by atoms with van der Waals surface area (Å²) in [6.45, 7) is 3.83. The van der Waals surface area contributed by atoms with Crippen LogP contribution in [0.4, 0.5) is 5.69 Å². The van der Waals surface area contributed by atoms with Crippen molar-refractivity contribution in [3.63, 3.8) is 0 Å². The molecule has 0 aliphatic carbocycles. The molecule has 5 heteroatoms. The zero-order valence-corrected chi connectivity index (χ0v) is 15.8. The third-order valence-corrected chi connectivity index (χ3v) is 5.07. The summed E-state index contributed by atoms with van der Waals surface area (Å²) in [5.74, 6) is 1.65. The molecule has 5 nitrogen and oxygen atoms in total. The van der Waals surface area contributed by atoms with Gasteiger partial charge in [0.05, 0.1) is 27.3 Å². The maximum absolute atomic E-state index is 5.40. The summed E-state index contributed by atoms with van der Waals surface area (Å²) in [4.78, 5) is 2.38. The summed E-state index contributed by atoms with van der Waals surface area (Å²) in [5.41, 5.74) is 3.64. The number of aromatic nitrogens is 1. The molecule has 0 saturated carbocycles. The summed E-state index contributed by atoms with van der Waals surface area (Å²) in [6.07, 6.45) is 4.35. The molecule has 1 fully saturated rings. The molecule has 0 radical (unpaired) electrons. The second kappa shape index (κ2) is 7.66. The molecule has 2 aromatic carbocycles. The normalized spacial score (nSPS) is 14.3. The molecule has 3 aromatic rings. The molecule has 4 rings (SSSR count). The van der Waals surface area contributed by atoms with Crippen LogP contribution in [-0.2, 0) is 0 Å². The molecule has 1 aromatic heterocycles. The Morgan fingerprint density at radius 3 is 2.04 bits per heavy atom. The number of benzene rings is 2. The number of anilines is 1. The zero-order chi connectivity index (χ0) is 18.6. The molecule has 140 valence electrons. The average Bonchev–Trinajstić information content (AvgIpc) is 3.24. The predicted molar refractivity (Wildman–Crippen MR) is 110 cm³/mol. The molecule has 1 aliphatic rings. The molecule has 0 N–H and O–H groups in total. The molecule has 0 unspecified atom stereocenters. The third kappa shape index (κ3) is 3.72. The number of piperazine rings is 1. The number of nitrogens with zero attached hydrogens (tertiary/aromatic N) is 3. The molecule has 0 amide bonds. The molecule has 1 saturated heterocycles. The molecule has 0 bridgehead atoms. The van der Waals surface area contributed by atoms with Crippen molar-refractivity contribution < 1.29 is 9.47 Å². The highest BCUT2D eigenvalue weighted by Gasteiger charge is 2.19. The Kier molecular flexibility index (Phi) is 4.92. The largest absolute Gasteiger partial charge is 0.497 e. The van der Waals surface area contributed by atoms with Gasteiger partial charge in [0.15, 0.2) is 0 Å². The Hall–Kier alpha value is -3.08. The van der Waals surface area contributed by atoms with Crippen LogP contribution in [0.3, 0.4) is 0 Å². The Morgan fingerprint density at radius 1 is 0.741 bits per heavy atom. The van der Waals surface area contributed by atoms with Crippen LogP contribution in [0.2, 0.25) is 0 Å². The van der Waals surface area contributed by atoms with Gasteiger partial charge >= 0.3 is 0 Å². The zero-order valence-electron chi connectivity index (χ0n) is 15.8. The minimum atomic E-state index is 0.824. The molecular weight excluding hydrogens is 338 g/mol. The molecule has 2 heterocycles. The van der Waals surface area contributed by atoms with E-state index in [4.69, 9.17) is 9.47 Å². The highest BCUT2D eigenvalue weighted by Crippen LogP contribution is 2.29. The van der Waals surface area contributed by atoms with Gasteiger partial charge in [-0.05, 0) is 11.6 Å². The SMILES string of the molecule is COc1cc(OC)cc(N2CCN(n3ccc(-c4ccccc4)c3)CC2)c1. The van der Waals surface area contributed by atoms with Crippen molar-refractivity contribution in [3.8, 4) is 22.6 Å². The van der Waals surface area contributed by atoms with E-state index in [1.807, 2.05) is 12.1 Å². The topological polar surface area (TPSA) is 29.9 Å². The van der Waals surface area contributed by atoms with Crippen LogP contribution in [0.1, 0.15) is 0 Å². The van der Waals surface area contributed by atoms with Gasteiger partial charge in [0.1, 0.15) is 11.5 Å². The van der Waals surface area contributed by atoms with Gasteiger partial charge in [0, 0.05) is 54.9 Å². The highest BCUT2D eigenvalue weighted by molar-refractivity contribution is 5.62. The van der Waals surface area contributed by atoms with Gasteiger partial charge in [0.2, 0.25) is 0 Å². The Bertz CT molecular complexity index is 861. The van der Waals surface area contributed by atoms with Crippen LogP contribution in [0.5, 0.6) is 11.5 Å². The summed E-state index contributed by atoms with van der Waals surface area (Å²) in [5, 5.41) is 2.38. The lowest BCUT2D eigenvalue weighted by Crippen LogP contribution is -2.50. The van der Waals surface area contributed by atoms with Crippen LogP contribution >= 0.6 is 0 Å². The van der Waals surface area contributed by atoms with E-state index in [1.165, 1.54) is 11.1 Å². The number of hydrogen-bond donors (Lipinski definition) is 0. The van der Waals surface area contributed by atoms with E-state index in [-0.39, 0.29) is 0 Å². The molecule has 0 atom stereocenters. The summed E-state index contributed by atoms with van der Waals surface area (Å²) >= 11 is 0. The fourth-order valence-electron chi connectivity index (χ4n) is 3.52. The first-order valence-corrected chi connectivity index (χ1v) is 9.23. The smallest absolute Gasteiger partial charge is 0.124 e. The fraction of sp³-hybridized carbons (Fsp3) is 0.273. The van der Waals surface area contributed by atoms with Gasteiger partial charge in [-0.15, -0.1) is 0 Å². The van der Waals surface area contributed by atoms with E-state index in [2.05, 4.69) is 69.4 Å². The van der Waals surface area contributed by atoms with Crippen molar-refractivity contribution in [2.45, 2.75) is 0 Å². The van der Waals surface area contributed by atoms with Crippen LogP contribution in [0, 0.1) is 0 Å². The molecule has 0 spiro atoms. The average molecular weight is 363 g/mol. The van der Waals surface area contributed by atoms with E-state index in [1.54, 1.807) is 14.2 Å². The lowest BCUT2D eigenvalue weighted by molar-refractivity contribution is 0.394. The number of ether oxygens (including phenoxy) is 2. The van der Waals surface area contributed by atoms with Crippen molar-refractivity contribution in [3.05, 3.63) is 67.0 Å². The predicted octanol–water partition coefficient (Wildman–Crippen LogP) is 3.63. The van der Waals surface area contributed by atoms with E-state index < -0.39 is 0 Å². The fourth-order valence-corrected chi connectivity index (χ4v) is 3.52. The van der Waals surface area contributed by atoms with Crippen LogP contribution in [0.15, 0.2) is 67.0 Å².